The molecule has 2 atom stereocenters. The molecule has 1 saturated heterocycles. The number of carbonyl (C=O) groups excluding carboxylic acids is 2. The van der Waals surface area contributed by atoms with E-state index in [0.29, 0.717) is 35.2 Å². The molecule has 1 fully saturated rings. The van der Waals surface area contributed by atoms with Crippen LogP contribution < -0.4 is 10.2 Å². The third-order valence-corrected chi connectivity index (χ3v) is 5.10. The van der Waals surface area contributed by atoms with Gasteiger partial charge in [0.05, 0.1) is 39.3 Å². The number of fused-ring (bicyclic) bond motifs is 4. The van der Waals surface area contributed by atoms with Gasteiger partial charge in [-0.15, -0.1) is 4.28 Å². The van der Waals surface area contributed by atoms with E-state index in [1.54, 1.807) is 25.3 Å². The molecule has 2 aliphatic heterocycles. The zero-order valence-corrected chi connectivity index (χ0v) is 17.7. The summed E-state index contributed by atoms with van der Waals surface area (Å²) in [7, 11) is -2.12. The Bertz CT molecular complexity index is 925. The summed E-state index contributed by atoms with van der Waals surface area (Å²) in [5, 5.41) is 0.571. The summed E-state index contributed by atoms with van der Waals surface area (Å²) in [6.45, 7) is 0.726. The standard InChI is InChI=1S/C17H23N3O10S/c1-26-5-6-28-10-29-11-3-4-12-13(7-11)15-9-19(14(12)8-16(21)18-27-2)17(22)20(15)30-31(23,24)25/h3-4,7,14-15H,5-6,8-10H2,1-2H3,(H,18,21)(H,23,24,25)/t14-,15-/m0/s1. The van der Waals surface area contributed by atoms with E-state index in [9.17, 15) is 18.0 Å². The summed E-state index contributed by atoms with van der Waals surface area (Å²) in [5.41, 5.74) is 3.30. The highest BCUT2D eigenvalue weighted by Crippen LogP contribution is 2.46. The van der Waals surface area contributed by atoms with Gasteiger partial charge in [-0.1, -0.05) is 6.07 Å². The smallest absolute Gasteiger partial charge is 0.418 e. The van der Waals surface area contributed by atoms with E-state index < -0.39 is 34.4 Å². The molecule has 2 N–H and O–H groups in total. The van der Waals surface area contributed by atoms with Gasteiger partial charge in [-0.2, -0.15) is 13.5 Å². The molecule has 0 spiro atoms. The van der Waals surface area contributed by atoms with E-state index in [4.69, 9.17) is 18.8 Å². The molecular weight excluding hydrogens is 438 g/mol. The molecule has 13 nitrogen and oxygen atoms in total. The molecule has 31 heavy (non-hydrogen) atoms. The third-order valence-electron chi connectivity index (χ3n) is 4.75. The van der Waals surface area contributed by atoms with Crippen molar-refractivity contribution in [2.75, 3.05) is 40.8 Å². The number of hydrogen-bond acceptors (Lipinski definition) is 9. The summed E-state index contributed by atoms with van der Waals surface area (Å²) in [6.07, 6.45) is -0.140. The Morgan fingerprint density at radius 3 is 2.71 bits per heavy atom. The van der Waals surface area contributed by atoms with Crippen molar-refractivity contribution >= 4 is 22.3 Å². The second kappa shape index (κ2) is 9.76. The number of benzene rings is 1. The van der Waals surface area contributed by atoms with Crippen molar-refractivity contribution in [3.05, 3.63) is 29.3 Å². The molecule has 0 unspecified atom stereocenters. The number of hydroxylamine groups is 3. The van der Waals surface area contributed by atoms with Gasteiger partial charge in [-0.05, 0) is 23.3 Å². The summed E-state index contributed by atoms with van der Waals surface area (Å²) in [6, 6.07) is 2.56. The number of methoxy groups -OCH3 is 1. The second-order valence-electron chi connectivity index (χ2n) is 6.68. The SMILES string of the molecule is COCCOCOc1ccc2c(c1)[C@@H]1CN(C(=O)N1OS(=O)(=O)O)[C@H]2CC(=O)NOC. The molecule has 3 amide bonds. The predicted octanol–water partition coefficient (Wildman–Crippen LogP) is 0.321. The molecule has 2 bridgehead atoms. The topological polar surface area (TPSA) is 153 Å². The van der Waals surface area contributed by atoms with Crippen LogP contribution in [0, 0.1) is 0 Å². The second-order valence-corrected chi connectivity index (χ2v) is 7.69. The molecule has 0 aliphatic carbocycles. The van der Waals surface area contributed by atoms with Crippen molar-refractivity contribution in [2.24, 2.45) is 0 Å². The van der Waals surface area contributed by atoms with Crippen molar-refractivity contribution in [2.45, 2.75) is 18.5 Å². The normalized spacial score (nSPS) is 20.0. The minimum atomic E-state index is -4.95. The number of ether oxygens (including phenoxy) is 3. The Morgan fingerprint density at radius 1 is 1.26 bits per heavy atom. The highest BCUT2D eigenvalue weighted by Gasteiger charge is 2.50. The highest BCUT2D eigenvalue weighted by atomic mass is 32.3. The van der Waals surface area contributed by atoms with E-state index >= 15 is 0 Å². The summed E-state index contributed by atoms with van der Waals surface area (Å²) in [5.74, 6) is -0.0819. The lowest BCUT2D eigenvalue weighted by Gasteiger charge is -2.32. The summed E-state index contributed by atoms with van der Waals surface area (Å²) >= 11 is 0. The van der Waals surface area contributed by atoms with Crippen LogP contribution in [0.25, 0.3) is 0 Å². The molecule has 0 radical (unpaired) electrons. The lowest BCUT2D eigenvalue weighted by atomic mass is 9.89. The molecule has 172 valence electrons. The first-order valence-electron chi connectivity index (χ1n) is 9.17. The number of carbonyl (C=O) groups is 2. The lowest BCUT2D eigenvalue weighted by Crippen LogP contribution is -2.37. The van der Waals surface area contributed by atoms with Crippen molar-refractivity contribution in [3.8, 4) is 5.75 Å². The van der Waals surface area contributed by atoms with Gasteiger partial charge in [0.1, 0.15) is 11.8 Å². The first-order chi connectivity index (χ1) is 14.7. The summed E-state index contributed by atoms with van der Waals surface area (Å²) < 4.78 is 51.8. The maximum absolute atomic E-state index is 12.8. The fraction of sp³-hybridized carbons (Fsp3) is 0.529. The van der Waals surface area contributed by atoms with Gasteiger partial charge >= 0.3 is 16.4 Å². The number of nitrogens with zero attached hydrogens (tertiary/aromatic N) is 2. The Labute approximate surface area is 178 Å². The van der Waals surface area contributed by atoms with E-state index in [0.717, 1.165) is 0 Å². The lowest BCUT2D eigenvalue weighted by molar-refractivity contribution is -0.132. The quantitative estimate of drug-likeness (QED) is 0.204. The Hall–Kier alpha value is -2.49. The first-order valence-corrected chi connectivity index (χ1v) is 10.5. The minimum Gasteiger partial charge on any atom is -0.468 e. The van der Waals surface area contributed by atoms with Gasteiger partial charge in [0.15, 0.2) is 6.79 Å². The Balaban J connectivity index is 1.88. The fourth-order valence-corrected chi connectivity index (χ4v) is 3.90. The Morgan fingerprint density at radius 2 is 2.03 bits per heavy atom. The largest absolute Gasteiger partial charge is 0.468 e. The van der Waals surface area contributed by atoms with Crippen LogP contribution in [-0.2, 0) is 33.8 Å². The van der Waals surface area contributed by atoms with Crippen LogP contribution in [0.4, 0.5) is 4.79 Å². The minimum absolute atomic E-state index is 0.0417. The molecule has 3 rings (SSSR count). The number of urea groups is 1. The molecule has 1 aromatic rings. The van der Waals surface area contributed by atoms with Gasteiger partial charge in [0.25, 0.3) is 0 Å². The summed E-state index contributed by atoms with van der Waals surface area (Å²) in [4.78, 5) is 30.8. The van der Waals surface area contributed by atoms with Crippen LogP contribution in [0.1, 0.15) is 29.6 Å². The van der Waals surface area contributed by atoms with Crippen molar-refractivity contribution < 1.29 is 45.9 Å². The predicted molar refractivity (Wildman–Crippen MR) is 102 cm³/mol. The molecule has 0 aromatic heterocycles. The van der Waals surface area contributed by atoms with E-state index in [1.165, 1.54) is 12.0 Å². The van der Waals surface area contributed by atoms with Gasteiger partial charge in [0, 0.05) is 7.11 Å². The monoisotopic (exact) mass is 461 g/mol. The van der Waals surface area contributed by atoms with Gasteiger partial charge in [0.2, 0.25) is 5.91 Å². The number of amides is 3. The molecule has 2 heterocycles. The molecule has 1 aromatic carbocycles. The third kappa shape index (κ3) is 5.41. The molecule has 0 saturated carbocycles. The maximum Gasteiger partial charge on any atom is 0.418 e. The van der Waals surface area contributed by atoms with Gasteiger partial charge in [-0.3, -0.25) is 14.2 Å². The van der Waals surface area contributed by atoms with Gasteiger partial charge < -0.3 is 19.1 Å². The number of rotatable bonds is 11. The van der Waals surface area contributed by atoms with Crippen molar-refractivity contribution in [3.63, 3.8) is 0 Å². The van der Waals surface area contributed by atoms with Gasteiger partial charge in [-0.25, -0.2) is 10.3 Å². The van der Waals surface area contributed by atoms with Crippen LogP contribution in [0.3, 0.4) is 0 Å². The van der Waals surface area contributed by atoms with E-state index in [-0.39, 0.29) is 19.8 Å². The molecule has 14 heteroatoms. The zero-order chi connectivity index (χ0) is 22.6. The fourth-order valence-electron chi connectivity index (χ4n) is 3.53. The van der Waals surface area contributed by atoms with E-state index in [1.807, 2.05) is 0 Å². The highest BCUT2D eigenvalue weighted by molar-refractivity contribution is 7.80. The van der Waals surface area contributed by atoms with Crippen LogP contribution >= 0.6 is 0 Å². The van der Waals surface area contributed by atoms with Crippen LogP contribution in [0.15, 0.2) is 18.2 Å². The maximum atomic E-state index is 12.8. The zero-order valence-electron chi connectivity index (χ0n) is 16.8. The first kappa shape index (κ1) is 23.2. The molecule has 2 aliphatic rings. The number of nitrogens with one attached hydrogen (secondary N) is 1. The number of hydrogen-bond donors (Lipinski definition) is 2. The molecular formula is C17H23N3O10S. The average Bonchev–Trinajstić information content (AvgIpc) is 2.97. The van der Waals surface area contributed by atoms with Crippen molar-refractivity contribution in [1.29, 1.82) is 0 Å². The van der Waals surface area contributed by atoms with Crippen molar-refractivity contribution in [1.82, 2.24) is 15.4 Å². The van der Waals surface area contributed by atoms with Crippen LogP contribution in [0.2, 0.25) is 0 Å². The van der Waals surface area contributed by atoms with E-state index in [2.05, 4.69) is 14.6 Å². The Kier molecular flexibility index (Phi) is 7.30. The van der Waals surface area contributed by atoms with Crippen LogP contribution in [-0.4, -0.2) is 75.6 Å². The van der Waals surface area contributed by atoms with Crippen LogP contribution in [0.5, 0.6) is 5.75 Å². The average molecular weight is 461 g/mol.